The molecular formula is C40H33ClN10O4S. The van der Waals surface area contributed by atoms with Crippen LogP contribution in [0.2, 0.25) is 5.02 Å². The molecule has 3 aliphatic rings. The van der Waals surface area contributed by atoms with Crippen LogP contribution in [0.25, 0.3) is 5.00 Å². The molecule has 16 heteroatoms. The van der Waals surface area contributed by atoms with Gasteiger partial charge in [-0.05, 0) is 50.1 Å². The molecule has 14 nitrogen and oxygen atoms in total. The number of carbonyl (C=O) groups is 3. The number of amides is 3. The molecule has 9 rings (SSSR count). The van der Waals surface area contributed by atoms with Gasteiger partial charge in [-0.15, -0.1) is 21.5 Å². The number of piperidine rings is 1. The van der Waals surface area contributed by atoms with E-state index in [0.717, 1.165) is 60.7 Å². The Bertz CT molecular complexity index is 2660. The first-order valence-electron chi connectivity index (χ1n) is 18.0. The lowest BCUT2D eigenvalue weighted by molar-refractivity contribution is -0.136. The maximum absolute atomic E-state index is 13.2. The summed E-state index contributed by atoms with van der Waals surface area (Å²) in [7, 11) is 0. The maximum atomic E-state index is 13.2. The number of hydrogen-bond donors (Lipinski definition) is 1. The van der Waals surface area contributed by atoms with Gasteiger partial charge >= 0.3 is 0 Å². The van der Waals surface area contributed by atoms with Crippen LogP contribution in [0.4, 0.5) is 0 Å². The second kappa shape index (κ2) is 14.4. The number of rotatable bonds is 8. The van der Waals surface area contributed by atoms with E-state index in [0.29, 0.717) is 42.4 Å². The van der Waals surface area contributed by atoms with Gasteiger partial charge in [0.25, 0.3) is 5.91 Å². The third-order valence-electron chi connectivity index (χ3n) is 10.1. The van der Waals surface area contributed by atoms with Crippen molar-refractivity contribution in [3.8, 4) is 22.6 Å². The summed E-state index contributed by atoms with van der Waals surface area (Å²) in [4.78, 5) is 49.2. The molecule has 0 radical (unpaired) electrons. The van der Waals surface area contributed by atoms with Crippen molar-refractivity contribution in [2.24, 2.45) is 4.99 Å². The molecule has 2 aromatic carbocycles. The number of nitrogens with one attached hydrogen (secondary N) is 1. The molecule has 3 aliphatic heterocycles. The van der Waals surface area contributed by atoms with Crippen molar-refractivity contribution in [2.75, 3.05) is 0 Å². The Morgan fingerprint density at radius 3 is 2.73 bits per heavy atom. The highest BCUT2D eigenvalue weighted by atomic mass is 35.5. The fraction of sp³-hybridized carbons (Fsp3) is 0.250. The number of thiophene rings is 1. The molecule has 280 valence electrons. The molecule has 1 atom stereocenters. The molecule has 1 N–H and O–H groups in total. The van der Waals surface area contributed by atoms with Crippen molar-refractivity contribution in [2.45, 2.75) is 65.5 Å². The van der Waals surface area contributed by atoms with Gasteiger partial charge in [0.2, 0.25) is 11.8 Å². The number of aromatic nitrogens is 7. The Labute approximate surface area is 329 Å². The fourth-order valence-electron chi connectivity index (χ4n) is 7.24. The van der Waals surface area contributed by atoms with Crippen molar-refractivity contribution in [3.05, 3.63) is 128 Å². The molecule has 0 saturated carbocycles. The summed E-state index contributed by atoms with van der Waals surface area (Å²) in [6.07, 6.45) is 7.87. The van der Waals surface area contributed by atoms with E-state index >= 15 is 0 Å². The second-order valence-corrected chi connectivity index (χ2v) is 15.2. The van der Waals surface area contributed by atoms with Gasteiger partial charge in [-0.2, -0.15) is 5.10 Å². The Hall–Kier alpha value is -6.37. The molecule has 0 bridgehead atoms. The first-order valence-corrected chi connectivity index (χ1v) is 19.2. The predicted molar refractivity (Wildman–Crippen MR) is 207 cm³/mol. The fourth-order valence-corrected chi connectivity index (χ4v) is 8.60. The van der Waals surface area contributed by atoms with Crippen molar-refractivity contribution < 1.29 is 19.1 Å². The van der Waals surface area contributed by atoms with Gasteiger partial charge in [0.05, 0.1) is 47.5 Å². The van der Waals surface area contributed by atoms with Crippen LogP contribution in [0.1, 0.15) is 73.2 Å². The van der Waals surface area contributed by atoms with E-state index < -0.39 is 11.9 Å². The van der Waals surface area contributed by atoms with Crippen LogP contribution in [0, 0.1) is 25.7 Å². The lowest BCUT2D eigenvalue weighted by Crippen LogP contribution is -2.52. The average Bonchev–Trinajstić information content (AvgIpc) is 4.02. The topological polar surface area (TPSA) is 154 Å². The van der Waals surface area contributed by atoms with Crippen LogP contribution in [-0.4, -0.2) is 68.5 Å². The van der Waals surface area contributed by atoms with Gasteiger partial charge in [-0.25, -0.2) is 4.98 Å². The van der Waals surface area contributed by atoms with E-state index in [-0.39, 0.29) is 31.4 Å². The molecule has 6 aromatic rings. The van der Waals surface area contributed by atoms with Crippen molar-refractivity contribution in [1.82, 2.24) is 44.3 Å². The van der Waals surface area contributed by atoms with E-state index in [1.54, 1.807) is 36.0 Å². The second-order valence-electron chi connectivity index (χ2n) is 13.7. The zero-order valence-corrected chi connectivity index (χ0v) is 31.9. The molecule has 1 fully saturated rings. The summed E-state index contributed by atoms with van der Waals surface area (Å²) in [6.45, 7) is 6.11. The van der Waals surface area contributed by atoms with Gasteiger partial charge in [0.1, 0.15) is 35.8 Å². The van der Waals surface area contributed by atoms with Crippen molar-refractivity contribution in [3.63, 3.8) is 0 Å². The van der Waals surface area contributed by atoms with Crippen molar-refractivity contribution in [1.29, 1.82) is 0 Å². The van der Waals surface area contributed by atoms with Gasteiger partial charge in [0, 0.05) is 52.6 Å². The Balaban J connectivity index is 0.851. The van der Waals surface area contributed by atoms with Gasteiger partial charge in [0.15, 0.2) is 5.82 Å². The molecule has 1 saturated heterocycles. The highest BCUT2D eigenvalue weighted by molar-refractivity contribution is 7.15. The average molecular weight is 785 g/mol. The van der Waals surface area contributed by atoms with Crippen LogP contribution in [0.15, 0.2) is 72.4 Å². The zero-order chi connectivity index (χ0) is 38.5. The van der Waals surface area contributed by atoms with Crippen LogP contribution in [0.5, 0.6) is 5.75 Å². The highest BCUT2D eigenvalue weighted by Gasteiger charge is 2.40. The number of aryl methyl sites for hydroxylation is 3. The zero-order valence-electron chi connectivity index (χ0n) is 30.3. The number of aliphatic imine (C=N–C) groups is 1. The predicted octanol–water partition coefficient (Wildman–Crippen LogP) is 4.78. The molecule has 4 aromatic heterocycles. The first-order chi connectivity index (χ1) is 27.2. The van der Waals surface area contributed by atoms with Crippen LogP contribution < -0.4 is 10.1 Å². The van der Waals surface area contributed by atoms with E-state index in [9.17, 15) is 14.4 Å². The molecule has 1 unspecified atom stereocenters. The minimum absolute atomic E-state index is 0.200. The number of ether oxygens (including phenoxy) is 1. The molecule has 7 heterocycles. The summed E-state index contributed by atoms with van der Waals surface area (Å²) >= 11 is 7.81. The highest BCUT2D eigenvalue weighted by Crippen LogP contribution is 2.37. The quantitative estimate of drug-likeness (QED) is 0.171. The Morgan fingerprint density at radius 1 is 1.04 bits per heavy atom. The standard InChI is InChI=1S/C40H33ClN10O4S/c1-23-33(56-40-36(23)37(26-7-9-27(41)10-8-26)42-17-34-47-46-24(2)51(34)40)12-6-25-16-44-49(18-25)15-14-48-19-28(43-22-48)21-55-32-5-3-4-29-30(32)20-50(39(29)54)31-11-13-35(52)45-38(31)53/h3-5,7-10,16,18-19,22,31H,11,13-15,17,20-21H2,1-2H3,(H,45,52,53). The Morgan fingerprint density at radius 2 is 1.89 bits per heavy atom. The minimum atomic E-state index is -0.686. The monoisotopic (exact) mass is 784 g/mol. The summed E-state index contributed by atoms with van der Waals surface area (Å²) in [5.41, 5.74) is 6.66. The van der Waals surface area contributed by atoms with Gasteiger partial charge < -0.3 is 14.2 Å². The molecule has 0 spiro atoms. The SMILES string of the molecule is Cc1c(C#Cc2cnn(CCn3cnc(COc4cccc5c4CN(C4CCC(=O)NC4=O)C5=O)c3)c2)sc2c1C(c1ccc(Cl)cc1)=NCc1nnc(C)n1-2. The molecule has 0 aliphatic carbocycles. The normalized spacial score (nSPS) is 16.1. The van der Waals surface area contributed by atoms with E-state index in [1.165, 1.54) is 4.90 Å². The summed E-state index contributed by atoms with van der Waals surface area (Å²) in [6, 6.07) is 12.3. The Kier molecular flexibility index (Phi) is 9.07. The largest absolute Gasteiger partial charge is 0.487 e. The number of imidazole rings is 1. The third-order valence-corrected chi connectivity index (χ3v) is 11.5. The van der Waals surface area contributed by atoms with Gasteiger partial charge in [-0.1, -0.05) is 41.6 Å². The van der Waals surface area contributed by atoms with Crippen LogP contribution in [-0.2, 0) is 42.4 Å². The third kappa shape index (κ3) is 6.56. The number of imide groups is 1. The molecule has 56 heavy (non-hydrogen) atoms. The minimum Gasteiger partial charge on any atom is -0.487 e. The van der Waals surface area contributed by atoms with Crippen molar-refractivity contribution >= 4 is 46.4 Å². The first kappa shape index (κ1) is 35.3. The van der Waals surface area contributed by atoms with E-state index in [1.807, 2.05) is 58.9 Å². The number of halogens is 1. The number of nitrogens with zero attached hydrogens (tertiary/aromatic N) is 9. The lowest BCUT2D eigenvalue weighted by Gasteiger charge is -2.29. The summed E-state index contributed by atoms with van der Waals surface area (Å²) < 4.78 is 12.0. The number of benzene rings is 2. The summed E-state index contributed by atoms with van der Waals surface area (Å²) in [5, 5.41) is 17.3. The smallest absolute Gasteiger partial charge is 0.255 e. The lowest BCUT2D eigenvalue weighted by atomic mass is 10.00. The van der Waals surface area contributed by atoms with Crippen LogP contribution >= 0.6 is 22.9 Å². The number of fused-ring (bicyclic) bond motifs is 4. The van der Waals surface area contributed by atoms with E-state index in [2.05, 4.69) is 48.9 Å². The van der Waals surface area contributed by atoms with Crippen LogP contribution in [0.3, 0.4) is 0 Å². The number of carbonyl (C=O) groups excluding carboxylic acids is 3. The molecule has 3 amide bonds. The summed E-state index contributed by atoms with van der Waals surface area (Å²) in [5.74, 6) is 7.84. The maximum Gasteiger partial charge on any atom is 0.255 e. The number of hydrogen-bond acceptors (Lipinski definition) is 10. The van der Waals surface area contributed by atoms with E-state index in [4.69, 9.17) is 21.3 Å². The van der Waals surface area contributed by atoms with Gasteiger partial charge in [-0.3, -0.25) is 33.9 Å². The molecular weight excluding hydrogens is 752 g/mol.